The van der Waals surface area contributed by atoms with E-state index in [1.807, 2.05) is 36.5 Å². The first-order valence-electron chi connectivity index (χ1n) is 9.85. The number of hydrogen-bond acceptors (Lipinski definition) is 6. The number of hydrogen-bond donors (Lipinski definition) is 1. The van der Waals surface area contributed by atoms with E-state index in [-0.39, 0.29) is 0 Å². The summed E-state index contributed by atoms with van der Waals surface area (Å²) in [4.78, 5) is 11.4. The van der Waals surface area contributed by atoms with E-state index < -0.39 is 0 Å². The summed E-state index contributed by atoms with van der Waals surface area (Å²) in [5.41, 5.74) is 5.45. The highest BCUT2D eigenvalue weighted by Gasteiger charge is 2.17. The first-order valence-corrected chi connectivity index (χ1v) is 9.85. The van der Waals surface area contributed by atoms with E-state index in [1.165, 1.54) is 0 Å². The van der Waals surface area contributed by atoms with Crippen LogP contribution in [0.4, 0.5) is 5.82 Å². The van der Waals surface area contributed by atoms with Gasteiger partial charge in [0.25, 0.3) is 0 Å². The molecule has 0 spiro atoms. The van der Waals surface area contributed by atoms with E-state index in [0.29, 0.717) is 11.9 Å². The number of aromatic nitrogens is 3. The summed E-state index contributed by atoms with van der Waals surface area (Å²) in [5.74, 6) is 2.21. The molecule has 2 aromatic heterocycles. The Morgan fingerprint density at radius 1 is 1.14 bits per heavy atom. The summed E-state index contributed by atoms with van der Waals surface area (Å²) in [6, 6.07) is 14.4. The van der Waals surface area contributed by atoms with Crippen molar-refractivity contribution in [2.45, 2.75) is 19.9 Å². The molecule has 1 unspecified atom stereocenters. The van der Waals surface area contributed by atoms with Crippen LogP contribution < -0.4 is 10.2 Å². The fraction of sp³-hybridized carbons (Fsp3) is 0.364. The monoisotopic (exact) mass is 394 g/mol. The maximum Gasteiger partial charge on any atom is 0.212 e. The van der Waals surface area contributed by atoms with Gasteiger partial charge in [0.1, 0.15) is 5.82 Å². The van der Waals surface area contributed by atoms with Crippen molar-refractivity contribution in [3.8, 4) is 23.0 Å². The molecule has 3 rings (SSSR count). The molecule has 7 nitrogen and oxygen atoms in total. The standard InChI is InChI=1S/C22H30N6O/c1-6-28(17(2)15-26(3)4)25-20-16-27(19-10-8-7-9-11-19)22(24-20)18-12-13-21(29-5)23-14-18/h7-14,16-17,25H,6,15H2,1-5H3. The van der Waals surface area contributed by atoms with Gasteiger partial charge in [-0.3, -0.25) is 4.57 Å². The smallest absolute Gasteiger partial charge is 0.212 e. The van der Waals surface area contributed by atoms with Crippen LogP contribution in [0.5, 0.6) is 5.88 Å². The van der Waals surface area contributed by atoms with Crippen LogP contribution >= 0.6 is 0 Å². The van der Waals surface area contributed by atoms with Crippen molar-refractivity contribution < 1.29 is 4.74 Å². The average Bonchev–Trinajstić information content (AvgIpc) is 3.16. The number of nitrogens with one attached hydrogen (secondary N) is 1. The van der Waals surface area contributed by atoms with Gasteiger partial charge in [-0.15, -0.1) is 0 Å². The Labute approximate surface area is 172 Å². The van der Waals surface area contributed by atoms with E-state index >= 15 is 0 Å². The molecule has 3 aromatic rings. The Morgan fingerprint density at radius 2 is 1.90 bits per heavy atom. The molecule has 0 aliphatic carbocycles. The van der Waals surface area contributed by atoms with E-state index in [2.05, 4.69) is 65.0 Å². The van der Waals surface area contributed by atoms with Crippen LogP contribution in [0.2, 0.25) is 0 Å². The van der Waals surface area contributed by atoms with Gasteiger partial charge < -0.3 is 15.1 Å². The fourth-order valence-electron chi connectivity index (χ4n) is 3.33. The van der Waals surface area contributed by atoms with Crippen molar-refractivity contribution in [2.24, 2.45) is 0 Å². The van der Waals surface area contributed by atoms with Crippen molar-refractivity contribution in [1.82, 2.24) is 24.4 Å². The Balaban J connectivity index is 1.95. The first kappa shape index (κ1) is 20.8. The van der Waals surface area contributed by atoms with Crippen molar-refractivity contribution in [2.75, 3.05) is 39.7 Å². The quantitative estimate of drug-likeness (QED) is 0.560. The van der Waals surface area contributed by atoms with E-state index in [0.717, 1.165) is 36.0 Å². The lowest BCUT2D eigenvalue weighted by Crippen LogP contribution is -2.43. The zero-order chi connectivity index (χ0) is 20.8. The second-order valence-electron chi connectivity index (χ2n) is 7.25. The topological polar surface area (TPSA) is 58.5 Å². The number of para-hydroxylation sites is 1. The summed E-state index contributed by atoms with van der Waals surface area (Å²) < 4.78 is 7.27. The third-order valence-electron chi connectivity index (χ3n) is 4.70. The van der Waals surface area contributed by atoms with Gasteiger partial charge in [0.05, 0.1) is 13.3 Å². The minimum atomic E-state index is 0.336. The van der Waals surface area contributed by atoms with Gasteiger partial charge in [0, 0.05) is 42.6 Å². The maximum atomic E-state index is 5.19. The molecule has 154 valence electrons. The summed E-state index contributed by atoms with van der Waals surface area (Å²) in [7, 11) is 5.79. The molecule has 0 bridgehead atoms. The number of pyridine rings is 1. The number of hydrazine groups is 1. The van der Waals surface area contributed by atoms with E-state index in [9.17, 15) is 0 Å². The zero-order valence-corrected chi connectivity index (χ0v) is 17.8. The predicted octanol–water partition coefficient (Wildman–Crippen LogP) is 3.54. The molecule has 1 aromatic carbocycles. The van der Waals surface area contributed by atoms with Crippen molar-refractivity contribution in [3.05, 3.63) is 54.9 Å². The average molecular weight is 395 g/mol. The maximum absolute atomic E-state index is 5.19. The van der Waals surface area contributed by atoms with Crippen LogP contribution in [0.1, 0.15) is 13.8 Å². The second kappa shape index (κ2) is 9.54. The van der Waals surface area contributed by atoms with Gasteiger partial charge in [-0.1, -0.05) is 25.1 Å². The molecule has 0 aliphatic heterocycles. The highest BCUT2D eigenvalue weighted by atomic mass is 16.5. The van der Waals surface area contributed by atoms with E-state index in [4.69, 9.17) is 9.72 Å². The van der Waals surface area contributed by atoms with Gasteiger partial charge in [0.2, 0.25) is 5.88 Å². The molecule has 1 atom stereocenters. The summed E-state index contributed by atoms with van der Waals surface area (Å²) in [5, 5.41) is 2.20. The number of likely N-dealkylation sites (N-methyl/N-ethyl adjacent to an activating group) is 2. The minimum Gasteiger partial charge on any atom is -0.481 e. The van der Waals surface area contributed by atoms with Crippen LogP contribution in [0.3, 0.4) is 0 Å². The van der Waals surface area contributed by atoms with Gasteiger partial charge >= 0.3 is 0 Å². The Kier molecular flexibility index (Phi) is 6.85. The highest BCUT2D eigenvalue weighted by Crippen LogP contribution is 2.26. The number of methoxy groups -OCH3 is 1. The van der Waals surface area contributed by atoms with Gasteiger partial charge in [-0.25, -0.2) is 15.0 Å². The number of ether oxygens (including phenoxy) is 1. The SMILES string of the molecule is CCN(Nc1cn(-c2ccccc2)c(-c2ccc(OC)nc2)n1)C(C)CN(C)C. The number of benzene rings is 1. The Hall–Kier alpha value is -2.90. The van der Waals surface area contributed by atoms with Crippen LogP contribution in [0.15, 0.2) is 54.9 Å². The number of anilines is 1. The molecule has 0 aliphatic rings. The number of nitrogens with zero attached hydrogens (tertiary/aromatic N) is 5. The van der Waals surface area contributed by atoms with Crippen LogP contribution in [0.25, 0.3) is 17.1 Å². The molecule has 0 saturated heterocycles. The first-order chi connectivity index (χ1) is 14.0. The molecule has 0 saturated carbocycles. The van der Waals surface area contributed by atoms with Crippen LogP contribution in [0, 0.1) is 0 Å². The van der Waals surface area contributed by atoms with E-state index in [1.54, 1.807) is 13.3 Å². The predicted molar refractivity (Wildman–Crippen MR) is 117 cm³/mol. The Morgan fingerprint density at radius 3 is 2.48 bits per heavy atom. The molecular formula is C22H30N6O. The van der Waals surface area contributed by atoms with Crippen LogP contribution in [-0.2, 0) is 0 Å². The zero-order valence-electron chi connectivity index (χ0n) is 17.8. The number of rotatable bonds is 9. The van der Waals surface area contributed by atoms with Gasteiger partial charge in [-0.05, 0) is 39.2 Å². The third kappa shape index (κ3) is 5.13. The lowest BCUT2D eigenvalue weighted by atomic mass is 10.2. The molecule has 0 amide bonds. The molecular weight excluding hydrogens is 364 g/mol. The van der Waals surface area contributed by atoms with Crippen molar-refractivity contribution >= 4 is 5.82 Å². The summed E-state index contributed by atoms with van der Waals surface area (Å²) in [6.07, 6.45) is 3.82. The van der Waals surface area contributed by atoms with Crippen LogP contribution in [-0.4, -0.2) is 64.8 Å². The molecule has 2 heterocycles. The normalized spacial score (nSPS) is 12.4. The van der Waals surface area contributed by atoms with Crippen molar-refractivity contribution in [3.63, 3.8) is 0 Å². The summed E-state index contributed by atoms with van der Waals surface area (Å²) in [6.45, 7) is 6.17. The molecule has 0 radical (unpaired) electrons. The van der Waals surface area contributed by atoms with Gasteiger partial charge in [0.15, 0.2) is 5.82 Å². The Bertz CT molecular complexity index is 891. The lowest BCUT2D eigenvalue weighted by Gasteiger charge is -2.30. The minimum absolute atomic E-state index is 0.336. The number of imidazole rings is 1. The fourth-order valence-corrected chi connectivity index (χ4v) is 3.33. The molecule has 29 heavy (non-hydrogen) atoms. The lowest BCUT2D eigenvalue weighted by molar-refractivity contribution is 0.214. The third-order valence-corrected chi connectivity index (χ3v) is 4.70. The summed E-state index contributed by atoms with van der Waals surface area (Å²) >= 11 is 0. The van der Waals surface area contributed by atoms with Gasteiger partial charge in [-0.2, -0.15) is 0 Å². The molecule has 1 N–H and O–H groups in total. The van der Waals surface area contributed by atoms with Crippen molar-refractivity contribution in [1.29, 1.82) is 0 Å². The largest absolute Gasteiger partial charge is 0.481 e. The molecule has 7 heteroatoms. The second-order valence-corrected chi connectivity index (χ2v) is 7.25. The highest BCUT2D eigenvalue weighted by molar-refractivity contribution is 5.61. The molecule has 0 fully saturated rings.